The van der Waals surface area contributed by atoms with Gasteiger partial charge in [0.1, 0.15) is 6.54 Å². The summed E-state index contributed by atoms with van der Waals surface area (Å²) in [7, 11) is 0. The summed E-state index contributed by atoms with van der Waals surface area (Å²) in [6.07, 6.45) is 7.44. The molecule has 0 radical (unpaired) electrons. The Morgan fingerprint density at radius 3 is 2.64 bits per heavy atom. The normalized spacial score (nSPS) is 23.7. The Morgan fingerprint density at radius 2 is 1.88 bits per heavy atom. The van der Waals surface area contributed by atoms with E-state index in [2.05, 4.69) is 24.2 Å². The number of thiophene rings is 1. The first-order valence-electron chi connectivity index (χ1n) is 9.25. The Balaban J connectivity index is 1.66. The molecular formula is C18H24N4O2S. The predicted molar refractivity (Wildman–Crippen MR) is 97.9 cm³/mol. The van der Waals surface area contributed by atoms with Crippen molar-refractivity contribution >= 4 is 27.5 Å². The monoisotopic (exact) mass is 360 g/mol. The van der Waals surface area contributed by atoms with Gasteiger partial charge < -0.3 is 4.90 Å². The molecule has 2 aliphatic rings. The Labute approximate surface area is 150 Å². The number of piperidine rings is 1. The highest BCUT2D eigenvalue weighted by molar-refractivity contribution is 7.18. The van der Waals surface area contributed by atoms with E-state index in [0.29, 0.717) is 5.39 Å². The summed E-state index contributed by atoms with van der Waals surface area (Å²) < 4.78 is 1.26. The van der Waals surface area contributed by atoms with Crippen molar-refractivity contribution in [2.24, 2.45) is 0 Å². The zero-order valence-corrected chi connectivity index (χ0v) is 15.6. The molecule has 0 saturated carbocycles. The first-order valence-corrected chi connectivity index (χ1v) is 10.1. The van der Waals surface area contributed by atoms with Gasteiger partial charge in [-0.25, -0.2) is 4.68 Å². The van der Waals surface area contributed by atoms with Crippen molar-refractivity contribution in [1.29, 1.82) is 0 Å². The van der Waals surface area contributed by atoms with Gasteiger partial charge in [0.05, 0.1) is 5.39 Å². The molecule has 1 aliphatic carbocycles. The molecule has 3 heterocycles. The minimum Gasteiger partial charge on any atom is -0.336 e. The number of aryl methyl sites for hydroxylation is 2. The van der Waals surface area contributed by atoms with Crippen LogP contribution in [0.1, 0.15) is 56.4 Å². The lowest BCUT2D eigenvalue weighted by atomic mass is 9.97. The zero-order valence-electron chi connectivity index (χ0n) is 14.8. The summed E-state index contributed by atoms with van der Waals surface area (Å²) in [5.74, 6) is -0.0282. The maximum atomic E-state index is 12.9. The highest BCUT2D eigenvalue weighted by atomic mass is 32.1. The summed E-state index contributed by atoms with van der Waals surface area (Å²) in [6, 6.07) is 0.440. The molecule has 2 aromatic rings. The lowest BCUT2D eigenvalue weighted by Gasteiger charge is -2.39. The molecule has 7 heteroatoms. The van der Waals surface area contributed by atoms with Crippen LogP contribution in [0, 0.1) is 0 Å². The minimum atomic E-state index is -0.157. The number of hydrogen-bond acceptors (Lipinski definition) is 5. The Morgan fingerprint density at radius 1 is 1.16 bits per heavy atom. The number of aromatic nitrogens is 3. The van der Waals surface area contributed by atoms with Gasteiger partial charge in [0.25, 0.3) is 5.56 Å². The van der Waals surface area contributed by atoms with Crippen LogP contribution in [-0.4, -0.2) is 37.9 Å². The third-order valence-electron chi connectivity index (χ3n) is 5.61. The van der Waals surface area contributed by atoms with E-state index in [0.717, 1.165) is 48.9 Å². The summed E-state index contributed by atoms with van der Waals surface area (Å²) >= 11 is 1.59. The largest absolute Gasteiger partial charge is 0.336 e. The average Bonchev–Trinajstić information content (AvgIpc) is 2.96. The fourth-order valence-corrected chi connectivity index (χ4v) is 5.53. The smallest absolute Gasteiger partial charge is 0.279 e. The van der Waals surface area contributed by atoms with Crippen LogP contribution in [0.2, 0.25) is 0 Å². The van der Waals surface area contributed by atoms with Crippen LogP contribution in [0.5, 0.6) is 0 Å². The van der Waals surface area contributed by atoms with E-state index < -0.39 is 0 Å². The first-order chi connectivity index (χ1) is 12.1. The topological polar surface area (TPSA) is 68.1 Å². The van der Waals surface area contributed by atoms with Gasteiger partial charge in [-0.2, -0.15) is 0 Å². The number of fused-ring (bicyclic) bond motifs is 3. The van der Waals surface area contributed by atoms with Crippen molar-refractivity contribution in [3.63, 3.8) is 0 Å². The number of amides is 1. The minimum absolute atomic E-state index is 0.0128. The number of likely N-dealkylation sites (tertiary alicyclic amines) is 1. The van der Waals surface area contributed by atoms with E-state index in [1.807, 2.05) is 4.90 Å². The molecule has 0 unspecified atom stereocenters. The molecule has 0 N–H and O–H groups in total. The number of rotatable bonds is 2. The standard InChI is InChI=1S/C18H24N4O2S/c1-11-6-5-7-12(2)22(11)15(23)10-21-18(24)16-13-8-3-4-9-14(13)25-17(16)19-20-21/h11-12H,3-10H2,1-2H3/t11-,12+. The zero-order chi connectivity index (χ0) is 17.6. The maximum absolute atomic E-state index is 12.9. The lowest BCUT2D eigenvalue weighted by Crippen LogP contribution is -2.49. The van der Waals surface area contributed by atoms with Crippen molar-refractivity contribution in [2.75, 3.05) is 0 Å². The summed E-state index contributed by atoms with van der Waals surface area (Å²) in [6.45, 7) is 4.15. The molecule has 2 atom stereocenters. The van der Waals surface area contributed by atoms with Crippen LogP contribution in [0.15, 0.2) is 4.79 Å². The molecule has 1 saturated heterocycles. The second-order valence-electron chi connectivity index (χ2n) is 7.37. The molecule has 25 heavy (non-hydrogen) atoms. The second-order valence-corrected chi connectivity index (χ2v) is 8.46. The summed E-state index contributed by atoms with van der Waals surface area (Å²) in [5, 5.41) is 8.99. The molecule has 1 fully saturated rings. The van der Waals surface area contributed by atoms with Gasteiger partial charge >= 0.3 is 0 Å². The maximum Gasteiger partial charge on any atom is 0.279 e. The van der Waals surface area contributed by atoms with Crippen LogP contribution < -0.4 is 5.56 Å². The van der Waals surface area contributed by atoms with Crippen LogP contribution in [0.25, 0.3) is 10.2 Å². The van der Waals surface area contributed by atoms with Gasteiger partial charge in [-0.3, -0.25) is 9.59 Å². The van der Waals surface area contributed by atoms with E-state index in [1.54, 1.807) is 11.3 Å². The van der Waals surface area contributed by atoms with Gasteiger partial charge in [-0.1, -0.05) is 5.21 Å². The molecule has 0 bridgehead atoms. The number of nitrogens with zero attached hydrogens (tertiary/aromatic N) is 4. The SMILES string of the molecule is C[C@@H]1CCC[C@H](C)N1C(=O)Cn1nnc2sc3c(c2c1=O)CCCC3. The van der Waals surface area contributed by atoms with Crippen LogP contribution in [-0.2, 0) is 24.2 Å². The summed E-state index contributed by atoms with van der Waals surface area (Å²) in [4.78, 5) is 29.7. The second kappa shape index (κ2) is 6.52. The van der Waals surface area contributed by atoms with Crippen molar-refractivity contribution in [1.82, 2.24) is 19.9 Å². The summed E-state index contributed by atoms with van der Waals surface area (Å²) in [5.41, 5.74) is 0.988. The average molecular weight is 360 g/mol. The van der Waals surface area contributed by atoms with Crippen LogP contribution in [0.4, 0.5) is 0 Å². The Bertz CT molecular complexity index is 862. The molecule has 1 amide bonds. The van der Waals surface area contributed by atoms with Gasteiger partial charge in [0.2, 0.25) is 5.91 Å². The Kier molecular flexibility index (Phi) is 4.35. The van der Waals surface area contributed by atoms with Crippen molar-refractivity contribution in [3.8, 4) is 0 Å². The Hall–Kier alpha value is -1.76. The third kappa shape index (κ3) is 2.88. The van der Waals surface area contributed by atoms with Crippen molar-refractivity contribution in [3.05, 3.63) is 20.8 Å². The van der Waals surface area contributed by atoms with Crippen LogP contribution in [0.3, 0.4) is 0 Å². The van der Waals surface area contributed by atoms with Crippen LogP contribution >= 0.6 is 11.3 Å². The highest BCUT2D eigenvalue weighted by Gasteiger charge is 2.30. The molecule has 2 aromatic heterocycles. The fourth-order valence-electron chi connectivity index (χ4n) is 4.33. The predicted octanol–water partition coefficient (Wildman–Crippen LogP) is 2.52. The molecule has 134 valence electrons. The van der Waals surface area contributed by atoms with Gasteiger partial charge in [0, 0.05) is 17.0 Å². The fraction of sp³-hybridized carbons (Fsp3) is 0.667. The molecule has 1 aliphatic heterocycles. The van der Waals surface area contributed by atoms with E-state index in [9.17, 15) is 9.59 Å². The molecule has 0 aromatic carbocycles. The van der Waals surface area contributed by atoms with Crippen molar-refractivity contribution in [2.45, 2.75) is 77.4 Å². The van der Waals surface area contributed by atoms with Crippen molar-refractivity contribution < 1.29 is 4.79 Å². The molecular weight excluding hydrogens is 336 g/mol. The highest BCUT2D eigenvalue weighted by Crippen LogP contribution is 2.33. The van der Waals surface area contributed by atoms with E-state index in [-0.39, 0.29) is 30.1 Å². The molecule has 4 rings (SSSR count). The number of carbonyl (C=O) groups excluding carboxylic acids is 1. The van der Waals surface area contributed by atoms with E-state index >= 15 is 0 Å². The van der Waals surface area contributed by atoms with E-state index in [4.69, 9.17) is 0 Å². The van der Waals surface area contributed by atoms with Gasteiger partial charge in [-0.15, -0.1) is 16.4 Å². The quantitative estimate of drug-likeness (QED) is 0.825. The number of carbonyl (C=O) groups is 1. The molecule has 0 spiro atoms. The van der Waals surface area contributed by atoms with Gasteiger partial charge in [0.15, 0.2) is 4.83 Å². The first kappa shape index (κ1) is 16.7. The van der Waals surface area contributed by atoms with Gasteiger partial charge in [-0.05, 0) is 64.4 Å². The lowest BCUT2D eigenvalue weighted by molar-refractivity contribution is -0.138. The molecule has 6 nitrogen and oxygen atoms in total. The van der Waals surface area contributed by atoms with E-state index in [1.165, 1.54) is 16.0 Å². The number of hydrogen-bond donors (Lipinski definition) is 0. The third-order valence-corrected chi connectivity index (χ3v) is 6.79.